The Morgan fingerprint density at radius 2 is 1.33 bits per heavy atom. The van der Waals surface area contributed by atoms with Crippen molar-refractivity contribution in [3.05, 3.63) is 35.4 Å². The average molecular weight is 161 g/mol. The molecule has 0 saturated heterocycles. The second kappa shape index (κ2) is 3.75. The zero-order valence-electron chi connectivity index (χ0n) is 8.39. The zero-order valence-corrected chi connectivity index (χ0v) is 8.39. The summed E-state index contributed by atoms with van der Waals surface area (Å²) in [5, 5.41) is 0. The van der Waals surface area contributed by atoms with Gasteiger partial charge in [0.1, 0.15) is 0 Å². The van der Waals surface area contributed by atoms with Crippen molar-refractivity contribution in [3.63, 3.8) is 0 Å². The van der Waals surface area contributed by atoms with Crippen LogP contribution in [0.15, 0.2) is 18.2 Å². The maximum atomic E-state index is 3.44. The van der Waals surface area contributed by atoms with Gasteiger partial charge in [0.25, 0.3) is 0 Å². The lowest BCUT2D eigenvalue weighted by Gasteiger charge is -2.09. The van der Waals surface area contributed by atoms with E-state index < -0.39 is 0 Å². The van der Waals surface area contributed by atoms with Gasteiger partial charge in [0.05, 0.1) is 0 Å². The van der Waals surface area contributed by atoms with Crippen LogP contribution >= 0.6 is 0 Å². The smallest absolute Gasteiger partial charge is 0.0109 e. The van der Waals surface area contributed by atoms with Crippen LogP contribution in [0.5, 0.6) is 0 Å². The molecule has 1 rings (SSSR count). The van der Waals surface area contributed by atoms with Gasteiger partial charge in [-0.2, -0.15) is 0 Å². The molecular formula is C12H17. The first kappa shape index (κ1) is 9.31. The van der Waals surface area contributed by atoms with Gasteiger partial charge in [0.15, 0.2) is 0 Å². The first-order valence-electron chi connectivity index (χ1n) is 4.63. The molecular weight excluding hydrogens is 144 g/mol. The first-order chi connectivity index (χ1) is 5.61. The summed E-state index contributed by atoms with van der Waals surface area (Å²) >= 11 is 0. The molecule has 1 radical (unpaired) electrons. The average Bonchev–Trinajstić information content (AvgIpc) is 2.04. The Morgan fingerprint density at radius 3 is 1.67 bits per heavy atom. The van der Waals surface area contributed by atoms with Gasteiger partial charge in [-0.1, -0.05) is 45.9 Å². The van der Waals surface area contributed by atoms with Crippen molar-refractivity contribution < 1.29 is 0 Å². The van der Waals surface area contributed by atoms with Crippen LogP contribution in [-0.4, -0.2) is 0 Å². The molecule has 65 valence electrons. The molecule has 0 aliphatic carbocycles. The fourth-order valence-corrected chi connectivity index (χ4v) is 1.18. The third-order valence-electron chi connectivity index (χ3n) is 2.08. The molecule has 0 bridgehead atoms. The van der Waals surface area contributed by atoms with Crippen molar-refractivity contribution in [1.82, 2.24) is 0 Å². The van der Waals surface area contributed by atoms with E-state index in [-0.39, 0.29) is 0 Å². The molecule has 0 saturated carbocycles. The Bertz CT molecular complexity index is 223. The molecule has 0 atom stereocenters. The zero-order chi connectivity index (χ0) is 9.14. The Kier molecular flexibility index (Phi) is 2.91. The molecule has 0 nitrogen and oxygen atoms in total. The summed E-state index contributed by atoms with van der Waals surface area (Å²) in [4.78, 5) is 0. The molecule has 0 aliphatic rings. The van der Waals surface area contributed by atoms with E-state index in [0.717, 1.165) is 0 Å². The molecule has 0 spiro atoms. The fourth-order valence-electron chi connectivity index (χ4n) is 1.18. The molecule has 0 aliphatic heterocycles. The SMILES string of the molecule is CC(C)c1[c]c(C(C)C)ccc1. The second-order valence-electron chi connectivity index (χ2n) is 3.87. The highest BCUT2D eigenvalue weighted by atomic mass is 14.1. The van der Waals surface area contributed by atoms with Crippen LogP contribution in [0.3, 0.4) is 0 Å². The van der Waals surface area contributed by atoms with E-state index in [2.05, 4.69) is 52.0 Å². The minimum atomic E-state index is 0.587. The normalized spacial score (nSPS) is 11.2. The summed E-state index contributed by atoms with van der Waals surface area (Å²) < 4.78 is 0. The van der Waals surface area contributed by atoms with E-state index >= 15 is 0 Å². The van der Waals surface area contributed by atoms with Crippen LogP contribution in [-0.2, 0) is 0 Å². The standard InChI is InChI=1S/C12H17/c1-9(2)11-6-5-7-12(8-11)10(3)4/h5-7,9-10H,1-4H3. The van der Waals surface area contributed by atoms with Crippen molar-refractivity contribution in [1.29, 1.82) is 0 Å². The maximum Gasteiger partial charge on any atom is -0.0109 e. The highest BCUT2D eigenvalue weighted by molar-refractivity contribution is 5.25. The number of rotatable bonds is 2. The number of hydrogen-bond acceptors (Lipinski definition) is 0. The van der Waals surface area contributed by atoms with Gasteiger partial charge in [0, 0.05) is 0 Å². The first-order valence-corrected chi connectivity index (χ1v) is 4.63. The van der Waals surface area contributed by atoms with Crippen LogP contribution in [0.2, 0.25) is 0 Å². The molecule has 0 heteroatoms. The monoisotopic (exact) mass is 161 g/mol. The van der Waals surface area contributed by atoms with Gasteiger partial charge < -0.3 is 0 Å². The lowest BCUT2D eigenvalue weighted by Crippen LogP contribution is -1.92. The topological polar surface area (TPSA) is 0 Å². The lowest BCUT2D eigenvalue weighted by atomic mass is 9.96. The Hall–Kier alpha value is -0.780. The van der Waals surface area contributed by atoms with Gasteiger partial charge in [-0.15, -0.1) is 0 Å². The summed E-state index contributed by atoms with van der Waals surface area (Å²) in [6.07, 6.45) is 0. The second-order valence-corrected chi connectivity index (χ2v) is 3.87. The Morgan fingerprint density at radius 1 is 0.917 bits per heavy atom. The largest absolute Gasteiger partial charge is 0.0617 e. The molecule has 1 aromatic rings. The molecule has 0 fully saturated rings. The summed E-state index contributed by atoms with van der Waals surface area (Å²) in [5.41, 5.74) is 2.64. The van der Waals surface area contributed by atoms with E-state index in [9.17, 15) is 0 Å². The number of benzene rings is 1. The molecule has 0 amide bonds. The minimum Gasteiger partial charge on any atom is -0.0617 e. The molecule has 0 aromatic heterocycles. The van der Waals surface area contributed by atoms with Gasteiger partial charge in [-0.05, 0) is 29.0 Å². The van der Waals surface area contributed by atoms with Crippen molar-refractivity contribution in [3.8, 4) is 0 Å². The number of hydrogen-bond donors (Lipinski definition) is 0. The predicted octanol–water partition coefficient (Wildman–Crippen LogP) is 3.73. The summed E-state index contributed by atoms with van der Waals surface area (Å²) in [6.45, 7) is 8.82. The summed E-state index contributed by atoms with van der Waals surface area (Å²) in [7, 11) is 0. The quantitative estimate of drug-likeness (QED) is 0.620. The lowest BCUT2D eigenvalue weighted by molar-refractivity contribution is 0.830. The van der Waals surface area contributed by atoms with Gasteiger partial charge in [0.2, 0.25) is 0 Å². The van der Waals surface area contributed by atoms with Crippen LogP contribution in [0.25, 0.3) is 0 Å². The van der Waals surface area contributed by atoms with Crippen LogP contribution in [0.4, 0.5) is 0 Å². The molecule has 0 N–H and O–H groups in total. The molecule has 1 aromatic carbocycles. The van der Waals surface area contributed by atoms with Gasteiger partial charge in [-0.25, -0.2) is 0 Å². The van der Waals surface area contributed by atoms with Crippen molar-refractivity contribution >= 4 is 0 Å². The van der Waals surface area contributed by atoms with E-state index in [0.29, 0.717) is 11.8 Å². The van der Waals surface area contributed by atoms with Crippen LogP contribution in [0.1, 0.15) is 50.7 Å². The van der Waals surface area contributed by atoms with Crippen LogP contribution < -0.4 is 0 Å². The third kappa shape index (κ3) is 2.10. The van der Waals surface area contributed by atoms with Crippen molar-refractivity contribution in [2.45, 2.75) is 39.5 Å². The third-order valence-corrected chi connectivity index (χ3v) is 2.08. The highest BCUT2D eigenvalue weighted by Gasteiger charge is 2.02. The molecule has 12 heavy (non-hydrogen) atoms. The van der Waals surface area contributed by atoms with E-state index in [1.165, 1.54) is 11.1 Å². The minimum absolute atomic E-state index is 0.587. The Balaban J connectivity index is 2.96. The van der Waals surface area contributed by atoms with E-state index in [1.807, 2.05) is 0 Å². The van der Waals surface area contributed by atoms with Gasteiger partial charge >= 0.3 is 0 Å². The highest BCUT2D eigenvalue weighted by Crippen LogP contribution is 2.19. The van der Waals surface area contributed by atoms with Gasteiger partial charge in [-0.3, -0.25) is 0 Å². The summed E-state index contributed by atoms with van der Waals surface area (Å²) in [6, 6.07) is 9.87. The van der Waals surface area contributed by atoms with E-state index in [1.54, 1.807) is 0 Å². The summed E-state index contributed by atoms with van der Waals surface area (Å²) in [5.74, 6) is 1.17. The van der Waals surface area contributed by atoms with Crippen molar-refractivity contribution in [2.75, 3.05) is 0 Å². The maximum absolute atomic E-state index is 3.44. The molecule has 0 heterocycles. The van der Waals surface area contributed by atoms with Crippen LogP contribution in [0, 0.1) is 6.07 Å². The predicted molar refractivity (Wildman–Crippen MR) is 53.5 cm³/mol. The molecule has 0 unspecified atom stereocenters. The van der Waals surface area contributed by atoms with Crippen molar-refractivity contribution in [2.24, 2.45) is 0 Å². The fraction of sp³-hybridized carbons (Fsp3) is 0.500. The Labute approximate surface area is 75.6 Å². The van der Waals surface area contributed by atoms with E-state index in [4.69, 9.17) is 0 Å².